The minimum Gasteiger partial charge on any atom is -0.545 e. The highest BCUT2D eigenvalue weighted by molar-refractivity contribution is 6.13. The van der Waals surface area contributed by atoms with Gasteiger partial charge in [0, 0.05) is 5.57 Å². The van der Waals surface area contributed by atoms with E-state index in [-0.39, 0.29) is 5.57 Å². The van der Waals surface area contributed by atoms with Crippen molar-refractivity contribution < 1.29 is 9.90 Å². The fourth-order valence-electron chi connectivity index (χ4n) is 1.02. The lowest BCUT2D eigenvalue weighted by molar-refractivity contribution is -0.295. The second-order valence-corrected chi connectivity index (χ2v) is 2.36. The van der Waals surface area contributed by atoms with E-state index < -0.39 is 5.97 Å². The number of rotatable bonds is 2. The first kappa shape index (κ1) is 8.53. The fourth-order valence-corrected chi connectivity index (χ4v) is 1.02. The molecule has 0 spiro atoms. The first-order valence-electron chi connectivity index (χ1n) is 3.68. The molecule has 62 valence electrons. The average Bonchev–Trinajstić information content (AvgIpc) is 2.07. The molecule has 2 nitrogen and oxygen atoms in total. The number of benzene rings is 1. The van der Waals surface area contributed by atoms with Gasteiger partial charge in [-0.05, 0) is 12.5 Å². The largest absolute Gasteiger partial charge is 0.545 e. The van der Waals surface area contributed by atoms with Crippen molar-refractivity contribution in [3.8, 4) is 0 Å². The summed E-state index contributed by atoms with van der Waals surface area (Å²) in [6.07, 6.45) is 1.53. The van der Waals surface area contributed by atoms with Crippen LogP contribution in [0.15, 0.2) is 36.4 Å². The Hall–Kier alpha value is -1.57. The van der Waals surface area contributed by atoms with E-state index in [1.54, 1.807) is 31.2 Å². The zero-order chi connectivity index (χ0) is 8.97. The summed E-state index contributed by atoms with van der Waals surface area (Å²) in [7, 11) is 0. The summed E-state index contributed by atoms with van der Waals surface area (Å²) in [6, 6.07) is 8.91. The van der Waals surface area contributed by atoms with Gasteiger partial charge in [-0.15, -0.1) is 0 Å². The molecule has 2 heteroatoms. The van der Waals surface area contributed by atoms with Gasteiger partial charge >= 0.3 is 0 Å². The van der Waals surface area contributed by atoms with Crippen LogP contribution in [0.4, 0.5) is 0 Å². The van der Waals surface area contributed by atoms with Crippen LogP contribution in [0.3, 0.4) is 0 Å². The Bertz CT molecular complexity index is 299. The van der Waals surface area contributed by atoms with Crippen molar-refractivity contribution in [2.24, 2.45) is 0 Å². The average molecular weight is 161 g/mol. The van der Waals surface area contributed by atoms with E-state index in [0.29, 0.717) is 5.56 Å². The van der Waals surface area contributed by atoms with Crippen molar-refractivity contribution in [2.75, 3.05) is 0 Å². The lowest BCUT2D eigenvalue weighted by Gasteiger charge is -2.06. The van der Waals surface area contributed by atoms with Gasteiger partial charge in [-0.3, -0.25) is 0 Å². The van der Waals surface area contributed by atoms with Crippen LogP contribution >= 0.6 is 0 Å². The van der Waals surface area contributed by atoms with Gasteiger partial charge in [0.2, 0.25) is 0 Å². The molecule has 1 rings (SSSR count). The topological polar surface area (TPSA) is 40.1 Å². The van der Waals surface area contributed by atoms with Gasteiger partial charge in [-0.2, -0.15) is 0 Å². The molecule has 12 heavy (non-hydrogen) atoms. The quantitative estimate of drug-likeness (QED) is 0.603. The van der Waals surface area contributed by atoms with Gasteiger partial charge in [0.25, 0.3) is 0 Å². The van der Waals surface area contributed by atoms with Crippen LogP contribution < -0.4 is 5.11 Å². The molecule has 0 saturated carbocycles. The molecule has 0 bridgehead atoms. The molecule has 0 amide bonds. The Morgan fingerprint density at radius 3 is 2.33 bits per heavy atom. The number of hydrogen-bond acceptors (Lipinski definition) is 2. The van der Waals surface area contributed by atoms with Crippen molar-refractivity contribution in [1.29, 1.82) is 0 Å². The van der Waals surface area contributed by atoms with Gasteiger partial charge in [0.15, 0.2) is 0 Å². The number of carbonyl (C=O) groups is 1. The third kappa shape index (κ3) is 1.72. The Morgan fingerprint density at radius 1 is 1.33 bits per heavy atom. The molecular formula is C10H9O2-. The zero-order valence-corrected chi connectivity index (χ0v) is 6.78. The molecule has 0 heterocycles. The Morgan fingerprint density at radius 2 is 1.92 bits per heavy atom. The van der Waals surface area contributed by atoms with E-state index in [4.69, 9.17) is 0 Å². The summed E-state index contributed by atoms with van der Waals surface area (Å²) in [5.41, 5.74) is 0.913. The molecular weight excluding hydrogens is 152 g/mol. The highest BCUT2D eigenvalue weighted by atomic mass is 16.4. The molecule has 0 aliphatic rings. The third-order valence-electron chi connectivity index (χ3n) is 1.59. The van der Waals surface area contributed by atoms with Crippen LogP contribution in [0.25, 0.3) is 5.57 Å². The van der Waals surface area contributed by atoms with Crippen molar-refractivity contribution >= 4 is 11.5 Å². The highest BCUT2D eigenvalue weighted by Crippen LogP contribution is 2.11. The van der Waals surface area contributed by atoms with Crippen molar-refractivity contribution in [3.05, 3.63) is 42.0 Å². The zero-order valence-electron chi connectivity index (χ0n) is 6.78. The second-order valence-electron chi connectivity index (χ2n) is 2.36. The monoisotopic (exact) mass is 161 g/mol. The van der Waals surface area contributed by atoms with Crippen molar-refractivity contribution in [2.45, 2.75) is 6.92 Å². The fraction of sp³-hybridized carbons (Fsp3) is 0.100. The van der Waals surface area contributed by atoms with E-state index in [0.717, 1.165) is 0 Å². The Labute approximate surface area is 71.2 Å². The summed E-state index contributed by atoms with van der Waals surface area (Å²) in [4.78, 5) is 10.6. The van der Waals surface area contributed by atoms with E-state index >= 15 is 0 Å². The Balaban J connectivity index is 3.05. The number of allylic oxidation sites excluding steroid dienone is 1. The van der Waals surface area contributed by atoms with Gasteiger partial charge in [0.1, 0.15) is 0 Å². The maximum absolute atomic E-state index is 10.6. The molecule has 1 aromatic rings. The molecule has 0 aromatic heterocycles. The number of carbonyl (C=O) groups excluding carboxylic acids is 1. The Kier molecular flexibility index (Phi) is 2.64. The first-order chi connectivity index (χ1) is 5.75. The van der Waals surface area contributed by atoms with Crippen LogP contribution in [0.5, 0.6) is 0 Å². The summed E-state index contributed by atoms with van der Waals surface area (Å²) in [6.45, 7) is 1.68. The van der Waals surface area contributed by atoms with Gasteiger partial charge in [-0.25, -0.2) is 0 Å². The predicted molar refractivity (Wildman–Crippen MR) is 45.1 cm³/mol. The van der Waals surface area contributed by atoms with Crippen LogP contribution in [0, 0.1) is 0 Å². The maximum Gasteiger partial charge on any atom is 0.0718 e. The minimum absolute atomic E-state index is 0.232. The SMILES string of the molecule is CC=C(C(=O)[O-])c1ccccc1. The normalized spacial score (nSPS) is 11.2. The lowest BCUT2D eigenvalue weighted by Crippen LogP contribution is -2.23. The summed E-state index contributed by atoms with van der Waals surface area (Å²) in [5.74, 6) is -1.14. The van der Waals surface area contributed by atoms with E-state index in [9.17, 15) is 9.90 Å². The second kappa shape index (κ2) is 3.72. The van der Waals surface area contributed by atoms with E-state index in [2.05, 4.69) is 0 Å². The van der Waals surface area contributed by atoms with Crippen molar-refractivity contribution in [3.63, 3.8) is 0 Å². The molecule has 0 fully saturated rings. The third-order valence-corrected chi connectivity index (χ3v) is 1.59. The van der Waals surface area contributed by atoms with Crippen LogP contribution in [0.1, 0.15) is 12.5 Å². The molecule has 0 saturated heterocycles. The van der Waals surface area contributed by atoms with E-state index in [1.165, 1.54) is 6.08 Å². The van der Waals surface area contributed by atoms with Crippen LogP contribution in [-0.4, -0.2) is 5.97 Å². The molecule has 0 aliphatic carbocycles. The highest BCUT2D eigenvalue weighted by Gasteiger charge is 1.98. The predicted octanol–water partition coefficient (Wildman–Crippen LogP) is 0.840. The molecule has 0 atom stereocenters. The molecule has 0 N–H and O–H groups in total. The summed E-state index contributed by atoms with van der Waals surface area (Å²) >= 11 is 0. The standard InChI is InChI=1S/C10H10O2/c1-2-9(10(11)12)8-6-4-3-5-7-8/h2-7H,1H3,(H,11,12)/p-1. The van der Waals surface area contributed by atoms with Gasteiger partial charge < -0.3 is 9.90 Å². The summed E-state index contributed by atoms with van der Waals surface area (Å²) < 4.78 is 0. The van der Waals surface area contributed by atoms with Crippen molar-refractivity contribution in [1.82, 2.24) is 0 Å². The summed E-state index contributed by atoms with van der Waals surface area (Å²) in [5, 5.41) is 10.6. The number of carboxylic acids is 1. The lowest BCUT2D eigenvalue weighted by atomic mass is 10.1. The number of hydrogen-bond donors (Lipinski definition) is 0. The van der Waals surface area contributed by atoms with Crippen LogP contribution in [0.2, 0.25) is 0 Å². The van der Waals surface area contributed by atoms with Crippen LogP contribution in [-0.2, 0) is 4.79 Å². The van der Waals surface area contributed by atoms with Gasteiger partial charge in [0.05, 0.1) is 5.97 Å². The molecule has 0 radical (unpaired) electrons. The van der Waals surface area contributed by atoms with Gasteiger partial charge in [-0.1, -0.05) is 36.4 Å². The number of aliphatic carboxylic acids is 1. The maximum atomic E-state index is 10.6. The molecule has 1 aromatic carbocycles. The minimum atomic E-state index is -1.14. The smallest absolute Gasteiger partial charge is 0.0718 e. The molecule has 0 aliphatic heterocycles. The number of carboxylic acid groups (broad SMARTS) is 1. The van der Waals surface area contributed by atoms with E-state index in [1.807, 2.05) is 6.07 Å². The molecule has 0 unspecified atom stereocenters. The first-order valence-corrected chi connectivity index (χ1v) is 3.68.